The molecule has 2 amide bonds. The largest absolute Gasteiger partial charge is 0.480 e. The first kappa shape index (κ1) is 23.7. The van der Waals surface area contributed by atoms with Crippen LogP contribution in [-0.2, 0) is 20.8 Å². The van der Waals surface area contributed by atoms with E-state index < -0.39 is 35.9 Å². The van der Waals surface area contributed by atoms with E-state index in [1.165, 1.54) is 0 Å². The molecular weight excluding hydrogens is 406 g/mol. The Balaban J connectivity index is 2.20. The standard InChI is InChI=1S/C20H29N5O4S/c21-8-4-3-7-16(20(28)29)24-19(27)17(25-18(26)14(22)11-30)9-12-10-23-15-6-2-1-5-13(12)15/h1-2,5-6,10,14,16-17,23,30H,3-4,7-9,11,21-22H2,(H,24,27)(H,25,26)(H,28,29). The van der Waals surface area contributed by atoms with Crippen molar-refractivity contribution >= 4 is 41.3 Å². The number of unbranched alkanes of at least 4 members (excludes halogenated alkanes) is 1. The summed E-state index contributed by atoms with van der Waals surface area (Å²) in [6, 6.07) is 4.64. The van der Waals surface area contributed by atoms with E-state index in [2.05, 4.69) is 28.2 Å². The number of amides is 2. The number of carbonyl (C=O) groups excluding carboxylic acids is 2. The summed E-state index contributed by atoms with van der Waals surface area (Å²) in [5, 5.41) is 15.5. The average molecular weight is 436 g/mol. The molecule has 0 aliphatic heterocycles. The summed E-state index contributed by atoms with van der Waals surface area (Å²) in [7, 11) is 0. The number of fused-ring (bicyclic) bond motifs is 1. The molecule has 3 atom stereocenters. The van der Waals surface area contributed by atoms with Crippen molar-refractivity contribution in [1.29, 1.82) is 0 Å². The lowest BCUT2D eigenvalue weighted by Gasteiger charge is -2.22. The lowest BCUT2D eigenvalue weighted by atomic mass is 10.0. The van der Waals surface area contributed by atoms with Gasteiger partial charge in [-0.3, -0.25) is 9.59 Å². The van der Waals surface area contributed by atoms with Crippen LogP contribution in [-0.4, -0.2) is 58.3 Å². The highest BCUT2D eigenvalue weighted by molar-refractivity contribution is 7.80. The molecule has 8 N–H and O–H groups in total. The predicted molar refractivity (Wildman–Crippen MR) is 118 cm³/mol. The molecule has 0 spiro atoms. The maximum absolute atomic E-state index is 12.9. The molecule has 1 heterocycles. The predicted octanol–water partition coefficient (Wildman–Crippen LogP) is 0.151. The number of carbonyl (C=O) groups is 3. The van der Waals surface area contributed by atoms with Gasteiger partial charge in [-0.15, -0.1) is 0 Å². The Morgan fingerprint density at radius 3 is 2.47 bits per heavy atom. The topological polar surface area (TPSA) is 163 Å². The van der Waals surface area contributed by atoms with Gasteiger partial charge in [-0.05, 0) is 37.4 Å². The quantitative estimate of drug-likeness (QED) is 0.185. The van der Waals surface area contributed by atoms with Crippen LogP contribution in [0, 0.1) is 0 Å². The van der Waals surface area contributed by atoms with Crippen molar-refractivity contribution in [3.63, 3.8) is 0 Å². The summed E-state index contributed by atoms with van der Waals surface area (Å²) >= 11 is 4.02. The number of carboxylic acid groups (broad SMARTS) is 1. The Hall–Kier alpha value is -2.56. The smallest absolute Gasteiger partial charge is 0.326 e. The van der Waals surface area contributed by atoms with Crippen LogP contribution in [0.4, 0.5) is 0 Å². The summed E-state index contributed by atoms with van der Waals surface area (Å²) < 4.78 is 0. The first-order valence-corrected chi connectivity index (χ1v) is 10.5. The zero-order valence-electron chi connectivity index (χ0n) is 16.6. The summed E-state index contributed by atoms with van der Waals surface area (Å²) in [6.07, 6.45) is 3.42. The zero-order chi connectivity index (χ0) is 22.1. The summed E-state index contributed by atoms with van der Waals surface area (Å²) in [5.41, 5.74) is 12.9. The van der Waals surface area contributed by atoms with Crippen LogP contribution in [0.5, 0.6) is 0 Å². The molecule has 0 aliphatic carbocycles. The van der Waals surface area contributed by atoms with Crippen LogP contribution < -0.4 is 22.1 Å². The average Bonchev–Trinajstić information content (AvgIpc) is 3.14. The number of H-pyrrole nitrogens is 1. The second-order valence-electron chi connectivity index (χ2n) is 7.10. The number of para-hydroxylation sites is 1. The number of benzene rings is 1. The van der Waals surface area contributed by atoms with Crippen molar-refractivity contribution in [3.8, 4) is 0 Å². The molecule has 1 aromatic heterocycles. The number of aromatic nitrogens is 1. The second kappa shape index (κ2) is 11.6. The summed E-state index contributed by atoms with van der Waals surface area (Å²) in [6.45, 7) is 0.446. The van der Waals surface area contributed by atoms with Gasteiger partial charge in [-0.2, -0.15) is 12.6 Å². The first-order valence-electron chi connectivity index (χ1n) is 9.82. The first-order chi connectivity index (χ1) is 14.4. The normalized spacial score (nSPS) is 14.1. The number of carboxylic acids is 1. The Labute approximate surface area is 180 Å². The summed E-state index contributed by atoms with van der Waals surface area (Å²) in [4.78, 5) is 39.9. The van der Waals surface area contributed by atoms with Crippen molar-refractivity contribution in [2.24, 2.45) is 11.5 Å². The van der Waals surface area contributed by atoms with Gasteiger partial charge in [0.05, 0.1) is 6.04 Å². The third-order valence-electron chi connectivity index (χ3n) is 4.83. The van der Waals surface area contributed by atoms with E-state index in [1.54, 1.807) is 6.20 Å². The van der Waals surface area contributed by atoms with Gasteiger partial charge in [0.15, 0.2) is 0 Å². The maximum atomic E-state index is 12.9. The fourth-order valence-electron chi connectivity index (χ4n) is 3.11. The summed E-state index contributed by atoms with van der Waals surface area (Å²) in [5.74, 6) is -2.13. The van der Waals surface area contributed by atoms with Crippen LogP contribution in [0.2, 0.25) is 0 Å². The van der Waals surface area contributed by atoms with Gasteiger partial charge in [-0.25, -0.2) is 4.79 Å². The number of thiol groups is 1. The number of hydrogen-bond donors (Lipinski definition) is 7. The van der Waals surface area contributed by atoms with Crippen molar-refractivity contribution in [3.05, 3.63) is 36.0 Å². The number of hydrogen-bond acceptors (Lipinski definition) is 6. The molecule has 2 rings (SSSR count). The van der Waals surface area contributed by atoms with E-state index in [0.29, 0.717) is 19.4 Å². The molecule has 1 aromatic carbocycles. The van der Waals surface area contributed by atoms with E-state index in [0.717, 1.165) is 16.5 Å². The maximum Gasteiger partial charge on any atom is 0.326 e. The lowest BCUT2D eigenvalue weighted by Crippen LogP contribution is -2.55. The number of nitrogens with one attached hydrogen (secondary N) is 3. The highest BCUT2D eigenvalue weighted by Crippen LogP contribution is 2.19. The van der Waals surface area contributed by atoms with Crippen LogP contribution >= 0.6 is 12.6 Å². The molecular formula is C20H29N5O4S. The minimum atomic E-state index is -1.13. The number of nitrogens with two attached hydrogens (primary N) is 2. The second-order valence-corrected chi connectivity index (χ2v) is 7.46. The molecule has 0 saturated heterocycles. The van der Waals surface area contributed by atoms with Crippen molar-refractivity contribution in [1.82, 2.24) is 15.6 Å². The molecule has 2 aromatic rings. The fraction of sp³-hybridized carbons (Fsp3) is 0.450. The third-order valence-corrected chi connectivity index (χ3v) is 5.22. The van der Waals surface area contributed by atoms with E-state index >= 15 is 0 Å². The molecule has 30 heavy (non-hydrogen) atoms. The number of aliphatic carboxylic acids is 1. The molecule has 0 fully saturated rings. The van der Waals surface area contributed by atoms with E-state index in [1.807, 2.05) is 24.3 Å². The Bertz CT molecular complexity index is 872. The molecule has 0 bridgehead atoms. The molecule has 164 valence electrons. The van der Waals surface area contributed by atoms with E-state index in [4.69, 9.17) is 11.5 Å². The van der Waals surface area contributed by atoms with Gasteiger partial charge < -0.3 is 32.2 Å². The van der Waals surface area contributed by atoms with Crippen molar-refractivity contribution in [2.75, 3.05) is 12.3 Å². The highest BCUT2D eigenvalue weighted by atomic mass is 32.1. The lowest BCUT2D eigenvalue weighted by molar-refractivity contribution is -0.142. The SMILES string of the molecule is NCCCCC(NC(=O)C(Cc1c[nH]c2ccccc12)NC(=O)C(N)CS)C(=O)O. The van der Waals surface area contributed by atoms with Crippen LogP contribution in [0.25, 0.3) is 10.9 Å². The van der Waals surface area contributed by atoms with Gasteiger partial charge in [-0.1, -0.05) is 18.2 Å². The van der Waals surface area contributed by atoms with Crippen LogP contribution in [0.15, 0.2) is 30.5 Å². The molecule has 3 unspecified atom stereocenters. The van der Waals surface area contributed by atoms with Crippen molar-refractivity contribution in [2.45, 2.75) is 43.8 Å². The molecule has 0 saturated carbocycles. The third kappa shape index (κ3) is 6.48. The number of rotatable bonds is 12. The van der Waals surface area contributed by atoms with Gasteiger partial charge in [0.1, 0.15) is 12.1 Å². The Kier molecular flexibility index (Phi) is 9.15. The molecule has 9 nitrogen and oxygen atoms in total. The minimum Gasteiger partial charge on any atom is -0.480 e. The number of aromatic amines is 1. The van der Waals surface area contributed by atoms with Crippen LogP contribution in [0.3, 0.4) is 0 Å². The Morgan fingerprint density at radius 1 is 1.10 bits per heavy atom. The van der Waals surface area contributed by atoms with Gasteiger partial charge in [0.25, 0.3) is 0 Å². The van der Waals surface area contributed by atoms with Gasteiger partial charge >= 0.3 is 5.97 Å². The van der Waals surface area contributed by atoms with E-state index in [-0.39, 0.29) is 18.6 Å². The van der Waals surface area contributed by atoms with Crippen molar-refractivity contribution < 1.29 is 19.5 Å². The molecule has 10 heteroatoms. The highest BCUT2D eigenvalue weighted by Gasteiger charge is 2.28. The minimum absolute atomic E-state index is 0.115. The van der Waals surface area contributed by atoms with Gasteiger partial charge in [0.2, 0.25) is 11.8 Å². The fourth-order valence-corrected chi connectivity index (χ4v) is 3.28. The van der Waals surface area contributed by atoms with Gasteiger partial charge in [0, 0.05) is 29.3 Å². The van der Waals surface area contributed by atoms with Crippen LogP contribution in [0.1, 0.15) is 24.8 Å². The molecule has 0 radical (unpaired) electrons. The monoisotopic (exact) mass is 435 g/mol. The molecule has 0 aliphatic rings. The zero-order valence-corrected chi connectivity index (χ0v) is 17.5. The Morgan fingerprint density at radius 2 is 1.80 bits per heavy atom. The van der Waals surface area contributed by atoms with E-state index in [9.17, 15) is 19.5 Å².